The van der Waals surface area contributed by atoms with Crippen LogP contribution in [0, 0.1) is 6.92 Å². The predicted octanol–water partition coefficient (Wildman–Crippen LogP) is 1.07. The Morgan fingerprint density at radius 2 is 2.17 bits per heavy atom. The van der Waals surface area contributed by atoms with Gasteiger partial charge in [-0.3, -0.25) is 4.79 Å². The molecule has 136 valence electrons. The first kappa shape index (κ1) is 20.7. The molecule has 0 saturated carbocycles. The van der Waals surface area contributed by atoms with Crippen molar-refractivity contribution in [3.63, 3.8) is 0 Å². The molecule has 1 aliphatic heterocycles. The van der Waals surface area contributed by atoms with Gasteiger partial charge < -0.3 is 15.5 Å². The third-order valence-corrected chi connectivity index (χ3v) is 3.59. The van der Waals surface area contributed by atoms with E-state index in [4.69, 9.17) is 0 Å². The average Bonchev–Trinajstić information content (AvgIpc) is 2.85. The van der Waals surface area contributed by atoms with Crippen LogP contribution >= 0.6 is 24.0 Å². The Morgan fingerprint density at radius 1 is 1.46 bits per heavy atom. The second-order valence-electron chi connectivity index (χ2n) is 6.33. The topological polar surface area (TPSA) is 87.4 Å². The van der Waals surface area contributed by atoms with Gasteiger partial charge >= 0.3 is 0 Å². The number of aliphatic imine (C=N–C) groups is 1. The number of likely N-dealkylation sites (N-methyl/N-ethyl adjacent to an activating group) is 1. The van der Waals surface area contributed by atoms with Crippen LogP contribution in [0.1, 0.15) is 44.4 Å². The van der Waals surface area contributed by atoms with Crippen molar-refractivity contribution in [2.75, 3.05) is 20.6 Å². The van der Waals surface area contributed by atoms with Gasteiger partial charge in [0, 0.05) is 26.7 Å². The van der Waals surface area contributed by atoms with Crippen LogP contribution in [0.5, 0.6) is 0 Å². The molecule has 1 aromatic heterocycles. The predicted molar refractivity (Wildman–Crippen MR) is 105 cm³/mol. The summed E-state index contributed by atoms with van der Waals surface area (Å²) in [7, 11) is 3.46. The van der Waals surface area contributed by atoms with Gasteiger partial charge in [0.25, 0.3) is 0 Å². The zero-order valence-electron chi connectivity index (χ0n) is 15.0. The monoisotopic (exact) mass is 449 g/mol. The summed E-state index contributed by atoms with van der Waals surface area (Å²) in [4.78, 5) is 22.2. The Kier molecular flexibility index (Phi) is 7.91. The standard InChI is InChI=1S/C15H27N7O.HI/c1-10(2)17-15(16-9-13(23)21(4)5)19-12-7-6-8-22-14(12)18-11(3)20-22;/h10,12H,6-9H2,1-5H3,(H2,16,17,19);1H. The zero-order chi connectivity index (χ0) is 17.0. The highest BCUT2D eigenvalue weighted by molar-refractivity contribution is 14.0. The quantitative estimate of drug-likeness (QED) is 0.408. The van der Waals surface area contributed by atoms with Gasteiger partial charge in [-0.2, -0.15) is 5.10 Å². The first-order chi connectivity index (χ1) is 10.9. The van der Waals surface area contributed by atoms with Gasteiger partial charge in [-0.15, -0.1) is 24.0 Å². The van der Waals surface area contributed by atoms with Crippen molar-refractivity contribution in [3.05, 3.63) is 11.6 Å². The van der Waals surface area contributed by atoms with Crippen LogP contribution < -0.4 is 10.6 Å². The maximum atomic E-state index is 11.8. The molecule has 0 saturated heterocycles. The second kappa shape index (κ2) is 9.19. The van der Waals surface area contributed by atoms with Crippen LogP contribution in [-0.2, 0) is 11.3 Å². The van der Waals surface area contributed by atoms with Gasteiger partial charge in [0.1, 0.15) is 18.2 Å². The van der Waals surface area contributed by atoms with E-state index in [0.717, 1.165) is 31.0 Å². The summed E-state index contributed by atoms with van der Waals surface area (Å²) in [5, 5.41) is 11.1. The minimum Gasteiger partial charge on any atom is -0.354 e. The number of fused-ring (bicyclic) bond motifs is 1. The molecular weight excluding hydrogens is 421 g/mol. The minimum absolute atomic E-state index is 0. The third kappa shape index (κ3) is 5.60. The Bertz CT molecular complexity index is 582. The van der Waals surface area contributed by atoms with Crippen LogP contribution in [0.3, 0.4) is 0 Å². The van der Waals surface area contributed by atoms with Gasteiger partial charge in [-0.25, -0.2) is 14.7 Å². The Hall–Kier alpha value is -1.39. The Balaban J connectivity index is 0.00000288. The van der Waals surface area contributed by atoms with Crippen LogP contribution in [0.25, 0.3) is 0 Å². The van der Waals surface area contributed by atoms with E-state index >= 15 is 0 Å². The average molecular weight is 449 g/mol. The highest BCUT2D eigenvalue weighted by Gasteiger charge is 2.24. The zero-order valence-corrected chi connectivity index (χ0v) is 17.4. The lowest BCUT2D eigenvalue weighted by Crippen LogP contribution is -2.44. The number of amides is 1. The van der Waals surface area contributed by atoms with Crippen molar-refractivity contribution < 1.29 is 4.79 Å². The van der Waals surface area contributed by atoms with E-state index in [1.165, 1.54) is 4.90 Å². The van der Waals surface area contributed by atoms with Crippen molar-refractivity contribution in [2.45, 2.75) is 52.2 Å². The summed E-state index contributed by atoms with van der Waals surface area (Å²) in [5.74, 6) is 2.32. The van der Waals surface area contributed by atoms with E-state index in [0.29, 0.717) is 5.96 Å². The summed E-state index contributed by atoms with van der Waals surface area (Å²) < 4.78 is 1.95. The smallest absolute Gasteiger partial charge is 0.243 e. The van der Waals surface area contributed by atoms with Crippen LogP contribution in [0.2, 0.25) is 0 Å². The lowest BCUT2D eigenvalue weighted by molar-refractivity contribution is -0.127. The van der Waals surface area contributed by atoms with Gasteiger partial charge in [0.05, 0.1) is 6.04 Å². The molecule has 2 rings (SSSR count). The molecule has 2 N–H and O–H groups in total. The number of aryl methyl sites for hydroxylation is 2. The highest BCUT2D eigenvalue weighted by Crippen LogP contribution is 2.22. The number of hydrogen-bond acceptors (Lipinski definition) is 4. The molecule has 1 amide bonds. The van der Waals surface area contributed by atoms with Crippen molar-refractivity contribution in [3.8, 4) is 0 Å². The number of nitrogens with one attached hydrogen (secondary N) is 2. The lowest BCUT2D eigenvalue weighted by Gasteiger charge is -2.26. The molecule has 0 spiro atoms. The molecule has 0 aromatic carbocycles. The molecule has 24 heavy (non-hydrogen) atoms. The van der Waals surface area contributed by atoms with Crippen LogP contribution in [0.4, 0.5) is 0 Å². The molecule has 1 unspecified atom stereocenters. The van der Waals surface area contributed by atoms with Gasteiger partial charge in [-0.1, -0.05) is 0 Å². The molecular formula is C15H28IN7O. The fourth-order valence-corrected chi connectivity index (χ4v) is 2.46. The minimum atomic E-state index is -0.0301. The Morgan fingerprint density at radius 3 is 2.79 bits per heavy atom. The molecule has 1 atom stereocenters. The second-order valence-corrected chi connectivity index (χ2v) is 6.33. The molecule has 1 aliphatic rings. The van der Waals surface area contributed by atoms with Crippen molar-refractivity contribution in [1.29, 1.82) is 0 Å². The van der Waals surface area contributed by atoms with Crippen LogP contribution in [-0.4, -0.2) is 58.2 Å². The lowest BCUT2D eigenvalue weighted by atomic mass is 10.1. The van der Waals surface area contributed by atoms with E-state index in [1.54, 1.807) is 14.1 Å². The fraction of sp³-hybridized carbons (Fsp3) is 0.733. The largest absolute Gasteiger partial charge is 0.354 e. The van der Waals surface area contributed by atoms with Crippen molar-refractivity contribution in [2.24, 2.45) is 4.99 Å². The number of aromatic nitrogens is 3. The summed E-state index contributed by atoms with van der Waals surface area (Å²) in [5.41, 5.74) is 0. The summed E-state index contributed by atoms with van der Waals surface area (Å²) in [6.07, 6.45) is 2.01. The van der Waals surface area contributed by atoms with E-state index in [2.05, 4.69) is 25.7 Å². The number of rotatable bonds is 4. The first-order valence-electron chi connectivity index (χ1n) is 8.06. The SMILES string of the molecule is Cc1nc2n(n1)CCCC2NC(=NCC(=O)N(C)C)NC(C)C.I. The first-order valence-corrected chi connectivity index (χ1v) is 8.06. The van der Waals surface area contributed by atoms with E-state index in [-0.39, 0.29) is 48.5 Å². The number of guanidine groups is 1. The van der Waals surface area contributed by atoms with Crippen molar-refractivity contribution >= 4 is 35.8 Å². The Labute approximate surface area is 160 Å². The summed E-state index contributed by atoms with van der Waals surface area (Å²) in [6, 6.07) is 0.281. The molecule has 0 fully saturated rings. The number of carbonyl (C=O) groups excluding carboxylic acids is 1. The van der Waals surface area contributed by atoms with E-state index in [9.17, 15) is 4.79 Å². The van der Waals surface area contributed by atoms with Gasteiger partial charge in [0.2, 0.25) is 5.91 Å². The molecule has 8 nitrogen and oxygen atoms in total. The summed E-state index contributed by atoms with van der Waals surface area (Å²) in [6.45, 7) is 7.00. The number of hydrogen-bond donors (Lipinski definition) is 2. The summed E-state index contributed by atoms with van der Waals surface area (Å²) >= 11 is 0. The van der Waals surface area contributed by atoms with E-state index in [1.807, 2.05) is 25.5 Å². The fourth-order valence-electron chi connectivity index (χ4n) is 2.46. The maximum Gasteiger partial charge on any atom is 0.243 e. The highest BCUT2D eigenvalue weighted by atomic mass is 127. The number of carbonyl (C=O) groups is 1. The molecule has 0 aliphatic carbocycles. The molecule has 9 heteroatoms. The molecule has 0 radical (unpaired) electrons. The van der Waals surface area contributed by atoms with Gasteiger partial charge in [0.15, 0.2) is 5.96 Å². The third-order valence-electron chi connectivity index (χ3n) is 3.59. The molecule has 0 bridgehead atoms. The van der Waals surface area contributed by atoms with Gasteiger partial charge in [-0.05, 0) is 33.6 Å². The van der Waals surface area contributed by atoms with E-state index < -0.39 is 0 Å². The molecule has 2 heterocycles. The van der Waals surface area contributed by atoms with Crippen molar-refractivity contribution in [1.82, 2.24) is 30.3 Å². The number of nitrogens with zero attached hydrogens (tertiary/aromatic N) is 5. The normalized spacial score (nSPS) is 17.1. The number of halogens is 1. The maximum absolute atomic E-state index is 11.8. The van der Waals surface area contributed by atoms with Crippen LogP contribution in [0.15, 0.2) is 4.99 Å². The molecule has 1 aromatic rings.